The van der Waals surface area contributed by atoms with Gasteiger partial charge in [-0.3, -0.25) is 4.79 Å². The second-order valence-electron chi connectivity index (χ2n) is 15.2. The van der Waals surface area contributed by atoms with Gasteiger partial charge in [-0.1, -0.05) is 179 Å². The lowest BCUT2D eigenvalue weighted by Gasteiger charge is -2.33. The molecule has 1 aromatic rings. The van der Waals surface area contributed by atoms with Crippen LogP contribution >= 0.6 is 0 Å². The molecule has 0 bridgehead atoms. The number of hydrogen-bond donors (Lipinski definition) is 6. The van der Waals surface area contributed by atoms with Crippen LogP contribution in [0.15, 0.2) is 42.2 Å². The largest absolute Gasteiger partial charge is 0.510 e. The Hall–Kier alpha value is -2.01. The van der Waals surface area contributed by atoms with Gasteiger partial charge in [-0.25, -0.2) is 0 Å². The van der Waals surface area contributed by atoms with E-state index in [2.05, 4.69) is 12.2 Å². The molecule has 0 aliphatic carbocycles. The predicted molar refractivity (Wildman–Crippen MR) is 209 cm³/mol. The van der Waals surface area contributed by atoms with E-state index in [1.165, 1.54) is 116 Å². The molecule has 52 heavy (non-hydrogen) atoms. The molecule has 0 fully saturated rings. The molecule has 1 aromatic carbocycles. The Bertz CT molecular complexity index is 1040. The first-order valence-corrected chi connectivity index (χ1v) is 20.9. The Balaban J connectivity index is 1.60. The standard InChI is InChI=1S/C43H75NO8/c1-3-4-5-6-7-8-9-10-11-12-13-14-15-16-17-18-19-20-21-22-24-27-34(2)42(50)44-36(41(49)38(47)30-35-28-25-23-26-29-35)33-51-43-39(48)31-37(46)40(32-45)52-43/h23,25-26,28-29,31,34,36,38-41,43,45-49H,3-22,24,27,30,32-33H2,1-2H3,(H,44,50)/t34?,36-,38+,39?,40?,41-,43?/m0/s1. The predicted octanol–water partition coefficient (Wildman–Crippen LogP) is 8.21. The zero-order valence-electron chi connectivity index (χ0n) is 32.6. The second-order valence-corrected chi connectivity index (χ2v) is 15.2. The number of nitrogens with one attached hydrogen (secondary N) is 1. The number of amides is 1. The maximum absolute atomic E-state index is 13.2. The van der Waals surface area contributed by atoms with E-state index in [4.69, 9.17) is 9.47 Å². The van der Waals surface area contributed by atoms with Crippen LogP contribution in [-0.2, 0) is 20.7 Å². The molecule has 4 unspecified atom stereocenters. The van der Waals surface area contributed by atoms with Gasteiger partial charge in [0.1, 0.15) is 24.1 Å². The molecule has 300 valence electrons. The average molecular weight is 734 g/mol. The lowest BCUT2D eigenvalue weighted by molar-refractivity contribution is -0.224. The van der Waals surface area contributed by atoms with Crippen molar-refractivity contribution in [1.82, 2.24) is 5.32 Å². The zero-order valence-corrected chi connectivity index (χ0v) is 32.6. The molecule has 9 nitrogen and oxygen atoms in total. The van der Waals surface area contributed by atoms with E-state index in [9.17, 15) is 30.3 Å². The van der Waals surface area contributed by atoms with Crippen LogP contribution in [0.5, 0.6) is 0 Å². The topological polar surface area (TPSA) is 149 Å². The van der Waals surface area contributed by atoms with Gasteiger partial charge < -0.3 is 40.3 Å². The molecule has 1 aliphatic rings. The van der Waals surface area contributed by atoms with Gasteiger partial charge in [-0.15, -0.1) is 0 Å². The summed E-state index contributed by atoms with van der Waals surface area (Å²) in [5.74, 6) is -0.841. The van der Waals surface area contributed by atoms with E-state index in [0.29, 0.717) is 6.42 Å². The summed E-state index contributed by atoms with van der Waals surface area (Å²) < 4.78 is 11.2. The number of carbonyl (C=O) groups is 1. The first-order chi connectivity index (χ1) is 25.3. The molecule has 6 N–H and O–H groups in total. The van der Waals surface area contributed by atoms with Crippen LogP contribution in [0.1, 0.15) is 161 Å². The van der Waals surface area contributed by atoms with Crippen molar-refractivity contribution in [3.8, 4) is 0 Å². The Morgan fingerprint density at radius 3 is 1.75 bits per heavy atom. The van der Waals surface area contributed by atoms with Crippen LogP contribution < -0.4 is 5.32 Å². The number of benzene rings is 1. The van der Waals surface area contributed by atoms with E-state index in [1.807, 2.05) is 37.3 Å². The van der Waals surface area contributed by atoms with Gasteiger partial charge in [0, 0.05) is 12.3 Å². The fourth-order valence-corrected chi connectivity index (χ4v) is 6.95. The third kappa shape index (κ3) is 20.4. The second kappa shape index (κ2) is 29.4. The third-order valence-electron chi connectivity index (χ3n) is 10.5. The highest BCUT2D eigenvalue weighted by molar-refractivity contribution is 5.78. The van der Waals surface area contributed by atoms with E-state index in [0.717, 1.165) is 30.9 Å². The molecule has 2 rings (SSSR count). The lowest BCUT2D eigenvalue weighted by Crippen LogP contribution is -2.54. The summed E-state index contributed by atoms with van der Waals surface area (Å²) in [7, 11) is 0. The summed E-state index contributed by atoms with van der Waals surface area (Å²) in [6.07, 6.45) is 23.8. The minimum atomic E-state index is -1.36. The minimum absolute atomic E-state index is 0.176. The molecule has 0 saturated heterocycles. The number of rotatable bonds is 32. The van der Waals surface area contributed by atoms with E-state index in [-0.39, 0.29) is 30.6 Å². The Morgan fingerprint density at radius 1 is 0.788 bits per heavy atom. The number of aliphatic hydroxyl groups is 5. The maximum Gasteiger partial charge on any atom is 0.223 e. The van der Waals surface area contributed by atoms with Crippen molar-refractivity contribution in [2.45, 2.75) is 198 Å². The van der Waals surface area contributed by atoms with Crippen LogP contribution in [-0.4, -0.2) is 81.4 Å². The number of unbranched alkanes of at least 4 members (excludes halogenated alkanes) is 20. The number of carbonyl (C=O) groups excluding carboxylic acids is 1. The van der Waals surface area contributed by atoms with Crippen molar-refractivity contribution < 1.29 is 39.8 Å². The highest BCUT2D eigenvalue weighted by Gasteiger charge is 2.35. The lowest BCUT2D eigenvalue weighted by atomic mass is 9.97. The van der Waals surface area contributed by atoms with Gasteiger partial charge in [-0.05, 0) is 18.1 Å². The normalized spacial score (nSPS) is 19.9. The fourth-order valence-electron chi connectivity index (χ4n) is 6.95. The van der Waals surface area contributed by atoms with Crippen LogP contribution in [0.4, 0.5) is 0 Å². The summed E-state index contributed by atoms with van der Waals surface area (Å²) in [4.78, 5) is 13.2. The molecule has 0 spiro atoms. The van der Waals surface area contributed by atoms with E-state index >= 15 is 0 Å². The van der Waals surface area contributed by atoms with Crippen LogP contribution in [0.3, 0.4) is 0 Å². The Labute approximate surface area is 315 Å². The molecule has 0 radical (unpaired) electrons. The highest BCUT2D eigenvalue weighted by Crippen LogP contribution is 2.21. The van der Waals surface area contributed by atoms with Crippen LogP contribution in [0.2, 0.25) is 0 Å². The molecule has 0 aromatic heterocycles. The summed E-state index contributed by atoms with van der Waals surface area (Å²) in [6.45, 7) is 3.37. The van der Waals surface area contributed by atoms with Crippen molar-refractivity contribution in [2.75, 3.05) is 13.2 Å². The number of aliphatic hydroxyl groups excluding tert-OH is 5. The maximum atomic E-state index is 13.2. The zero-order chi connectivity index (χ0) is 37.8. The third-order valence-corrected chi connectivity index (χ3v) is 10.5. The van der Waals surface area contributed by atoms with Crippen molar-refractivity contribution in [3.63, 3.8) is 0 Å². The molecule has 7 atom stereocenters. The van der Waals surface area contributed by atoms with Gasteiger partial charge in [0.2, 0.25) is 5.91 Å². The van der Waals surface area contributed by atoms with Gasteiger partial charge in [-0.2, -0.15) is 0 Å². The summed E-state index contributed by atoms with van der Waals surface area (Å²) >= 11 is 0. The van der Waals surface area contributed by atoms with Crippen molar-refractivity contribution in [3.05, 3.63) is 47.7 Å². The highest BCUT2D eigenvalue weighted by atomic mass is 16.7. The van der Waals surface area contributed by atoms with Crippen molar-refractivity contribution in [1.29, 1.82) is 0 Å². The molecule has 0 saturated carbocycles. The van der Waals surface area contributed by atoms with Gasteiger partial charge in [0.15, 0.2) is 6.29 Å². The van der Waals surface area contributed by atoms with Crippen LogP contribution in [0, 0.1) is 5.92 Å². The van der Waals surface area contributed by atoms with Crippen LogP contribution in [0.25, 0.3) is 0 Å². The molecule has 1 amide bonds. The van der Waals surface area contributed by atoms with E-state index in [1.54, 1.807) is 0 Å². The van der Waals surface area contributed by atoms with Gasteiger partial charge in [0.05, 0.1) is 25.4 Å². The summed E-state index contributed by atoms with van der Waals surface area (Å²) in [6, 6.07) is 8.28. The number of hydrogen-bond acceptors (Lipinski definition) is 8. The first kappa shape index (κ1) is 46.1. The molecule has 1 aliphatic heterocycles. The summed E-state index contributed by atoms with van der Waals surface area (Å²) in [5, 5.41) is 54.5. The molecule has 9 heteroatoms. The smallest absolute Gasteiger partial charge is 0.223 e. The Morgan fingerprint density at radius 2 is 1.27 bits per heavy atom. The van der Waals surface area contributed by atoms with Gasteiger partial charge >= 0.3 is 0 Å². The van der Waals surface area contributed by atoms with E-state index < -0.39 is 43.4 Å². The number of ether oxygens (including phenoxy) is 2. The average Bonchev–Trinajstić information content (AvgIpc) is 3.14. The summed E-state index contributed by atoms with van der Waals surface area (Å²) in [5.41, 5.74) is 0.834. The quantitative estimate of drug-likeness (QED) is 0.0406. The molecular formula is C43H75NO8. The van der Waals surface area contributed by atoms with Crippen molar-refractivity contribution in [2.24, 2.45) is 5.92 Å². The SMILES string of the molecule is CCCCCCCCCCCCCCCCCCCCCCCC(C)C(=O)N[C@@H](COC1OC(CO)C(O)=CC1O)[C@H](O)[C@H](O)Cc1ccccc1. The first-order valence-electron chi connectivity index (χ1n) is 20.9. The fraction of sp³-hybridized carbons (Fsp3) is 0.791. The van der Waals surface area contributed by atoms with Crippen molar-refractivity contribution >= 4 is 5.91 Å². The minimum Gasteiger partial charge on any atom is -0.510 e. The Kier molecular flexibility index (Phi) is 26.1. The van der Waals surface area contributed by atoms with Gasteiger partial charge in [0.25, 0.3) is 0 Å². The monoisotopic (exact) mass is 734 g/mol. The molecule has 1 heterocycles. The molecular weight excluding hydrogens is 658 g/mol.